The number of hydrogen-bond acceptors (Lipinski definition) is 4. The first-order chi connectivity index (χ1) is 8.01. The number of nitrogens with two attached hydrogens (primary N) is 1. The van der Waals surface area contributed by atoms with E-state index in [1.807, 2.05) is 0 Å². The van der Waals surface area contributed by atoms with Crippen molar-refractivity contribution in [2.75, 3.05) is 12.3 Å². The fourth-order valence-corrected chi connectivity index (χ4v) is 2.27. The van der Waals surface area contributed by atoms with Crippen LogP contribution in [-0.2, 0) is 14.6 Å². The molecular formula is C11H16N2O3S. The summed E-state index contributed by atoms with van der Waals surface area (Å²) in [5, 5.41) is 2.48. The summed E-state index contributed by atoms with van der Waals surface area (Å²) in [5.74, 6) is 0.0745. The summed E-state index contributed by atoms with van der Waals surface area (Å²) in [7, 11) is -3.17. The van der Waals surface area contributed by atoms with Crippen LogP contribution in [0.4, 0.5) is 0 Å². The third kappa shape index (κ3) is 3.54. The summed E-state index contributed by atoms with van der Waals surface area (Å²) in [6.07, 6.45) is 0.579. The van der Waals surface area contributed by atoms with Crippen molar-refractivity contribution in [2.24, 2.45) is 5.73 Å². The molecule has 0 radical (unpaired) electrons. The molecule has 1 aromatic rings. The Morgan fingerprint density at radius 2 is 1.94 bits per heavy atom. The molecule has 0 bridgehead atoms. The average Bonchev–Trinajstić information content (AvgIpc) is 2.36. The van der Waals surface area contributed by atoms with E-state index in [2.05, 4.69) is 5.32 Å². The maximum atomic E-state index is 11.6. The van der Waals surface area contributed by atoms with Crippen molar-refractivity contribution in [2.45, 2.75) is 17.9 Å². The maximum absolute atomic E-state index is 11.6. The molecule has 0 aliphatic rings. The fraction of sp³-hybridized carbons (Fsp3) is 0.364. The Bertz CT molecular complexity index is 468. The van der Waals surface area contributed by atoms with Crippen LogP contribution in [0, 0.1) is 0 Å². The van der Waals surface area contributed by atoms with Crippen molar-refractivity contribution >= 4 is 16.2 Å². The van der Waals surface area contributed by atoms with Gasteiger partial charge in [0.1, 0.15) is 0 Å². The minimum atomic E-state index is -3.17. The summed E-state index contributed by atoms with van der Waals surface area (Å²) in [5.41, 5.74) is 6.59. The largest absolute Gasteiger partial charge is 0.357 e. The second kappa shape index (κ2) is 5.79. The third-order valence-electron chi connectivity index (χ3n) is 2.47. The molecular weight excluding hydrogens is 240 g/mol. The van der Waals surface area contributed by atoms with Crippen molar-refractivity contribution < 1.29 is 13.2 Å². The van der Waals surface area contributed by atoms with Gasteiger partial charge < -0.3 is 11.1 Å². The minimum Gasteiger partial charge on any atom is -0.357 e. The topological polar surface area (TPSA) is 89.3 Å². The number of hydrogen-bond donors (Lipinski definition) is 2. The Morgan fingerprint density at radius 1 is 1.35 bits per heavy atom. The highest BCUT2D eigenvalue weighted by molar-refractivity contribution is 7.91. The van der Waals surface area contributed by atoms with Crippen LogP contribution in [0.1, 0.15) is 18.5 Å². The molecule has 0 spiro atoms. The Morgan fingerprint density at radius 3 is 2.41 bits per heavy atom. The van der Waals surface area contributed by atoms with Crippen LogP contribution in [0.5, 0.6) is 0 Å². The highest BCUT2D eigenvalue weighted by atomic mass is 32.2. The van der Waals surface area contributed by atoms with Gasteiger partial charge in [-0.25, -0.2) is 8.42 Å². The number of nitrogens with one attached hydrogen (secondary N) is 1. The molecule has 94 valence electrons. The number of rotatable bonds is 6. The van der Waals surface area contributed by atoms with Crippen LogP contribution in [0.25, 0.3) is 0 Å². The van der Waals surface area contributed by atoms with Crippen molar-refractivity contribution in [1.82, 2.24) is 5.32 Å². The molecule has 0 heterocycles. The van der Waals surface area contributed by atoms with Gasteiger partial charge in [-0.2, -0.15) is 0 Å². The van der Waals surface area contributed by atoms with Gasteiger partial charge in [0, 0.05) is 12.6 Å². The van der Waals surface area contributed by atoms with Crippen LogP contribution in [0.3, 0.4) is 0 Å². The monoisotopic (exact) mass is 256 g/mol. The molecule has 1 amide bonds. The van der Waals surface area contributed by atoms with Crippen molar-refractivity contribution in [3.63, 3.8) is 0 Å². The molecule has 0 saturated carbocycles. The third-order valence-corrected chi connectivity index (χ3v) is 4.22. The molecule has 6 heteroatoms. The standard InChI is InChI=1S/C11H16N2O3S/c1-2-17(15,16)10-5-3-9(4-6-10)11(12)7-13-8-14/h3-6,8,11H,2,7,12H2,1H3,(H,13,14). The smallest absolute Gasteiger partial charge is 0.207 e. The predicted octanol–water partition coefficient (Wildman–Crippen LogP) is 0.226. The summed E-state index contributed by atoms with van der Waals surface area (Å²) < 4.78 is 23.1. The van der Waals surface area contributed by atoms with E-state index in [9.17, 15) is 13.2 Å². The first kappa shape index (κ1) is 13.7. The van der Waals surface area contributed by atoms with Crippen molar-refractivity contribution in [1.29, 1.82) is 0 Å². The van der Waals surface area contributed by atoms with Gasteiger partial charge in [0.05, 0.1) is 10.6 Å². The molecule has 17 heavy (non-hydrogen) atoms. The zero-order chi connectivity index (χ0) is 12.9. The zero-order valence-electron chi connectivity index (χ0n) is 9.59. The molecule has 3 N–H and O–H groups in total. The maximum Gasteiger partial charge on any atom is 0.207 e. The van der Waals surface area contributed by atoms with Crippen LogP contribution in [0.15, 0.2) is 29.2 Å². The molecule has 1 atom stereocenters. The molecule has 0 saturated heterocycles. The number of carbonyl (C=O) groups is 1. The van der Waals surface area contributed by atoms with Gasteiger partial charge in [-0.1, -0.05) is 19.1 Å². The van der Waals surface area contributed by atoms with Crippen molar-refractivity contribution in [3.8, 4) is 0 Å². The first-order valence-corrected chi connectivity index (χ1v) is 6.92. The summed E-state index contributed by atoms with van der Waals surface area (Å²) in [6, 6.07) is 6.07. The number of benzene rings is 1. The molecule has 0 fully saturated rings. The Kier molecular flexibility index (Phi) is 4.65. The van der Waals surface area contributed by atoms with Gasteiger partial charge in [-0.3, -0.25) is 4.79 Å². The van der Waals surface area contributed by atoms with E-state index in [1.54, 1.807) is 19.1 Å². The lowest BCUT2D eigenvalue weighted by Gasteiger charge is -2.11. The van der Waals surface area contributed by atoms with Gasteiger partial charge in [0.25, 0.3) is 0 Å². The van der Waals surface area contributed by atoms with Crippen LogP contribution < -0.4 is 11.1 Å². The predicted molar refractivity (Wildman–Crippen MR) is 65.2 cm³/mol. The summed E-state index contributed by atoms with van der Waals surface area (Å²) in [4.78, 5) is 10.4. The van der Waals surface area contributed by atoms with Gasteiger partial charge >= 0.3 is 0 Å². The second-order valence-electron chi connectivity index (χ2n) is 3.61. The molecule has 1 aromatic carbocycles. The lowest BCUT2D eigenvalue weighted by Crippen LogP contribution is -2.25. The van der Waals surface area contributed by atoms with Gasteiger partial charge in [0.2, 0.25) is 6.41 Å². The average molecular weight is 256 g/mol. The van der Waals surface area contributed by atoms with Crippen LogP contribution in [0.2, 0.25) is 0 Å². The van der Waals surface area contributed by atoms with Gasteiger partial charge in [-0.15, -0.1) is 0 Å². The molecule has 1 unspecified atom stereocenters. The molecule has 1 rings (SSSR count). The van der Waals surface area contributed by atoms with E-state index in [4.69, 9.17) is 5.73 Å². The van der Waals surface area contributed by atoms with E-state index < -0.39 is 9.84 Å². The highest BCUT2D eigenvalue weighted by Gasteiger charge is 2.12. The summed E-state index contributed by atoms with van der Waals surface area (Å²) in [6.45, 7) is 1.92. The zero-order valence-corrected chi connectivity index (χ0v) is 10.4. The SMILES string of the molecule is CCS(=O)(=O)c1ccc(C(N)CNC=O)cc1. The number of sulfone groups is 1. The Hall–Kier alpha value is -1.40. The fourth-order valence-electron chi connectivity index (χ4n) is 1.38. The van der Waals surface area contributed by atoms with Gasteiger partial charge in [0.15, 0.2) is 9.84 Å². The van der Waals surface area contributed by atoms with E-state index in [1.165, 1.54) is 12.1 Å². The molecule has 0 aliphatic heterocycles. The van der Waals surface area contributed by atoms with Crippen LogP contribution >= 0.6 is 0 Å². The minimum absolute atomic E-state index is 0.0745. The Labute approximate surface area is 101 Å². The molecule has 5 nitrogen and oxygen atoms in total. The van der Waals surface area contributed by atoms with E-state index in [0.29, 0.717) is 17.9 Å². The number of amides is 1. The molecule has 0 aromatic heterocycles. The van der Waals surface area contributed by atoms with Crippen molar-refractivity contribution in [3.05, 3.63) is 29.8 Å². The van der Waals surface area contributed by atoms with E-state index in [0.717, 1.165) is 5.56 Å². The van der Waals surface area contributed by atoms with Gasteiger partial charge in [-0.05, 0) is 17.7 Å². The molecule has 0 aliphatic carbocycles. The second-order valence-corrected chi connectivity index (χ2v) is 5.88. The number of carbonyl (C=O) groups excluding carboxylic acids is 1. The van der Waals surface area contributed by atoms with E-state index in [-0.39, 0.29) is 11.8 Å². The van der Waals surface area contributed by atoms with E-state index >= 15 is 0 Å². The lowest BCUT2D eigenvalue weighted by atomic mass is 10.1. The van der Waals surface area contributed by atoms with Crippen LogP contribution in [-0.4, -0.2) is 27.1 Å². The Balaban J connectivity index is 2.84. The lowest BCUT2D eigenvalue weighted by molar-refractivity contribution is -0.109. The summed E-state index contributed by atoms with van der Waals surface area (Å²) >= 11 is 0. The first-order valence-electron chi connectivity index (χ1n) is 5.26. The quantitative estimate of drug-likeness (QED) is 0.713. The highest BCUT2D eigenvalue weighted by Crippen LogP contribution is 2.15. The normalized spacial score (nSPS) is 13.1.